The van der Waals surface area contributed by atoms with Crippen molar-refractivity contribution < 1.29 is 9.53 Å². The van der Waals surface area contributed by atoms with Gasteiger partial charge in [-0.05, 0) is 31.5 Å². The number of ether oxygens (including phenoxy) is 1. The smallest absolute Gasteiger partial charge is 0.164 e. The average Bonchev–Trinajstić information content (AvgIpc) is 2.46. The van der Waals surface area contributed by atoms with E-state index in [-0.39, 0.29) is 5.78 Å². The monoisotopic (exact) mass is 325 g/mol. The summed E-state index contributed by atoms with van der Waals surface area (Å²) in [7, 11) is 1.77. The van der Waals surface area contributed by atoms with Crippen molar-refractivity contribution in [2.24, 2.45) is 0 Å². The van der Waals surface area contributed by atoms with Crippen LogP contribution >= 0.6 is 15.9 Å². The lowest BCUT2D eigenvalue weighted by atomic mass is 10.1. The van der Waals surface area contributed by atoms with Gasteiger partial charge in [0.05, 0.1) is 6.10 Å². The molecule has 1 aromatic carbocycles. The summed E-state index contributed by atoms with van der Waals surface area (Å²) in [6.45, 7) is 2.85. The van der Waals surface area contributed by atoms with Gasteiger partial charge in [0.25, 0.3) is 0 Å². The minimum atomic E-state index is 0.215. The Balaban J connectivity index is 1.81. The Morgan fingerprint density at radius 1 is 1.42 bits per heavy atom. The predicted molar refractivity (Wildman–Crippen MR) is 79.6 cm³/mol. The number of benzene rings is 1. The van der Waals surface area contributed by atoms with Crippen molar-refractivity contribution in [1.29, 1.82) is 0 Å². The second-order valence-electron chi connectivity index (χ2n) is 4.98. The first-order valence-corrected chi connectivity index (χ1v) is 7.52. The van der Waals surface area contributed by atoms with E-state index in [1.807, 2.05) is 24.3 Å². The molecule has 1 saturated heterocycles. The Bertz CT molecular complexity index is 419. The van der Waals surface area contributed by atoms with Gasteiger partial charge in [0.2, 0.25) is 0 Å². The predicted octanol–water partition coefficient (Wildman–Crippen LogP) is 3.13. The third-order valence-corrected chi connectivity index (χ3v) is 4.15. The summed E-state index contributed by atoms with van der Waals surface area (Å²) >= 11 is 3.38. The quantitative estimate of drug-likeness (QED) is 0.779. The molecule has 104 valence electrons. The van der Waals surface area contributed by atoms with Gasteiger partial charge in [-0.2, -0.15) is 0 Å². The molecule has 3 nitrogen and oxygen atoms in total. The van der Waals surface area contributed by atoms with E-state index in [0.29, 0.717) is 12.5 Å². The fraction of sp³-hybridized carbons (Fsp3) is 0.533. The van der Waals surface area contributed by atoms with Gasteiger partial charge in [-0.1, -0.05) is 28.1 Å². The average molecular weight is 326 g/mol. The molecule has 0 aliphatic carbocycles. The molecule has 0 bridgehead atoms. The van der Waals surface area contributed by atoms with E-state index in [0.717, 1.165) is 42.5 Å². The molecule has 0 N–H and O–H groups in total. The summed E-state index contributed by atoms with van der Waals surface area (Å²) in [4.78, 5) is 14.4. The highest BCUT2D eigenvalue weighted by atomic mass is 79.9. The van der Waals surface area contributed by atoms with E-state index in [4.69, 9.17) is 4.74 Å². The molecular weight excluding hydrogens is 306 g/mol. The van der Waals surface area contributed by atoms with E-state index in [1.54, 1.807) is 7.11 Å². The summed E-state index contributed by atoms with van der Waals surface area (Å²) in [5, 5.41) is 0. The third kappa shape index (κ3) is 4.41. The second-order valence-corrected chi connectivity index (χ2v) is 5.90. The number of methoxy groups -OCH3 is 1. The number of piperidine rings is 1. The molecule has 1 aliphatic heterocycles. The number of carbonyl (C=O) groups excluding carboxylic acids is 1. The first-order chi connectivity index (χ1) is 9.19. The molecule has 1 heterocycles. The van der Waals surface area contributed by atoms with E-state index >= 15 is 0 Å². The fourth-order valence-electron chi connectivity index (χ4n) is 2.45. The van der Waals surface area contributed by atoms with Crippen molar-refractivity contribution in [3.63, 3.8) is 0 Å². The van der Waals surface area contributed by atoms with Gasteiger partial charge in [-0.25, -0.2) is 0 Å². The van der Waals surface area contributed by atoms with Crippen LogP contribution in [0.5, 0.6) is 0 Å². The molecule has 1 aromatic rings. The molecule has 1 atom stereocenters. The van der Waals surface area contributed by atoms with Gasteiger partial charge in [-0.15, -0.1) is 0 Å². The summed E-state index contributed by atoms with van der Waals surface area (Å²) in [6, 6.07) is 7.57. The van der Waals surface area contributed by atoms with Crippen LogP contribution in [-0.4, -0.2) is 43.5 Å². The maximum atomic E-state index is 12.1. The Hall–Kier alpha value is -0.710. The summed E-state index contributed by atoms with van der Waals surface area (Å²) in [5.74, 6) is 0.215. The van der Waals surface area contributed by atoms with Crippen molar-refractivity contribution in [1.82, 2.24) is 4.90 Å². The van der Waals surface area contributed by atoms with Crippen LogP contribution in [0.25, 0.3) is 0 Å². The normalized spacial score (nSPS) is 20.4. The number of nitrogens with zero attached hydrogens (tertiary/aromatic N) is 1. The van der Waals surface area contributed by atoms with Crippen molar-refractivity contribution in [2.45, 2.75) is 25.4 Å². The Morgan fingerprint density at radius 3 is 2.84 bits per heavy atom. The zero-order valence-corrected chi connectivity index (χ0v) is 12.9. The number of rotatable bonds is 5. The molecule has 1 fully saturated rings. The molecule has 0 radical (unpaired) electrons. The van der Waals surface area contributed by atoms with Gasteiger partial charge in [0.15, 0.2) is 5.78 Å². The van der Waals surface area contributed by atoms with Gasteiger partial charge in [-0.3, -0.25) is 4.79 Å². The molecule has 4 heteroatoms. The van der Waals surface area contributed by atoms with Crippen molar-refractivity contribution >= 4 is 21.7 Å². The second kappa shape index (κ2) is 7.17. The molecule has 2 rings (SSSR count). The summed E-state index contributed by atoms with van der Waals surface area (Å²) < 4.78 is 6.40. The van der Waals surface area contributed by atoms with Crippen LogP contribution in [0, 0.1) is 0 Å². The van der Waals surface area contributed by atoms with Crippen molar-refractivity contribution in [3.05, 3.63) is 34.3 Å². The van der Waals surface area contributed by atoms with Crippen LogP contribution in [0.2, 0.25) is 0 Å². The number of hydrogen-bond acceptors (Lipinski definition) is 3. The highest BCUT2D eigenvalue weighted by molar-refractivity contribution is 9.10. The standard InChI is InChI=1S/C15H20BrNO2/c1-19-14-3-2-9-17(11-14)10-8-15(18)12-4-6-13(16)7-5-12/h4-7,14H,2-3,8-11H2,1H3. The first-order valence-electron chi connectivity index (χ1n) is 6.73. The lowest BCUT2D eigenvalue weighted by Gasteiger charge is -2.31. The van der Waals surface area contributed by atoms with Crippen LogP contribution in [0.3, 0.4) is 0 Å². The molecule has 0 saturated carbocycles. The van der Waals surface area contributed by atoms with Gasteiger partial charge < -0.3 is 9.64 Å². The molecular formula is C15H20BrNO2. The van der Waals surface area contributed by atoms with Crippen LogP contribution in [-0.2, 0) is 4.74 Å². The van der Waals surface area contributed by atoms with E-state index in [1.165, 1.54) is 0 Å². The molecule has 0 spiro atoms. The summed E-state index contributed by atoms with van der Waals surface area (Å²) in [6.07, 6.45) is 3.20. The van der Waals surface area contributed by atoms with Crippen LogP contribution in [0.4, 0.5) is 0 Å². The topological polar surface area (TPSA) is 29.5 Å². The number of ketones is 1. The number of carbonyl (C=O) groups is 1. The fourth-order valence-corrected chi connectivity index (χ4v) is 2.71. The third-order valence-electron chi connectivity index (χ3n) is 3.62. The van der Waals surface area contributed by atoms with Crippen molar-refractivity contribution in [3.8, 4) is 0 Å². The molecule has 19 heavy (non-hydrogen) atoms. The summed E-state index contributed by atoms with van der Waals surface area (Å²) in [5.41, 5.74) is 0.795. The lowest BCUT2D eigenvalue weighted by Crippen LogP contribution is -2.40. The SMILES string of the molecule is COC1CCCN(CCC(=O)c2ccc(Br)cc2)C1. The maximum absolute atomic E-state index is 12.1. The largest absolute Gasteiger partial charge is 0.380 e. The number of Topliss-reactive ketones (excluding diaryl/α,β-unsaturated/α-hetero) is 1. The highest BCUT2D eigenvalue weighted by Crippen LogP contribution is 2.15. The minimum Gasteiger partial charge on any atom is -0.380 e. The van der Waals surface area contributed by atoms with E-state index in [2.05, 4.69) is 20.8 Å². The van der Waals surface area contributed by atoms with Crippen LogP contribution in [0.1, 0.15) is 29.6 Å². The van der Waals surface area contributed by atoms with E-state index < -0.39 is 0 Å². The molecule has 0 amide bonds. The van der Waals surface area contributed by atoms with Gasteiger partial charge in [0.1, 0.15) is 0 Å². The van der Waals surface area contributed by atoms with Crippen molar-refractivity contribution in [2.75, 3.05) is 26.7 Å². The first kappa shape index (κ1) is 14.7. The van der Waals surface area contributed by atoms with Gasteiger partial charge >= 0.3 is 0 Å². The Labute approximate surface area is 123 Å². The molecule has 0 aromatic heterocycles. The molecule has 1 aliphatic rings. The Morgan fingerprint density at radius 2 is 2.16 bits per heavy atom. The Kier molecular flexibility index (Phi) is 5.55. The van der Waals surface area contributed by atoms with E-state index in [9.17, 15) is 4.79 Å². The molecule has 1 unspecified atom stereocenters. The van der Waals surface area contributed by atoms with Gasteiger partial charge in [0, 0.05) is 36.7 Å². The minimum absolute atomic E-state index is 0.215. The lowest BCUT2D eigenvalue weighted by molar-refractivity contribution is 0.0309. The number of halogens is 1. The highest BCUT2D eigenvalue weighted by Gasteiger charge is 2.19. The van der Waals surface area contributed by atoms with Crippen LogP contribution in [0.15, 0.2) is 28.7 Å². The van der Waals surface area contributed by atoms with Crippen LogP contribution < -0.4 is 0 Å². The zero-order valence-electron chi connectivity index (χ0n) is 11.3. The zero-order chi connectivity index (χ0) is 13.7. The number of hydrogen-bond donors (Lipinski definition) is 0. The number of likely N-dealkylation sites (tertiary alicyclic amines) is 1. The maximum Gasteiger partial charge on any atom is 0.164 e.